The van der Waals surface area contributed by atoms with Crippen molar-refractivity contribution in [2.75, 3.05) is 0 Å². The molecule has 1 aromatic heterocycles. The van der Waals surface area contributed by atoms with Gasteiger partial charge in [-0.25, -0.2) is 0 Å². The third-order valence-corrected chi connectivity index (χ3v) is 9.99. The van der Waals surface area contributed by atoms with Crippen LogP contribution in [0.2, 0.25) is 0 Å². The summed E-state index contributed by atoms with van der Waals surface area (Å²) in [5.74, 6) is 0. The minimum atomic E-state index is 0.930. The molecule has 0 amide bonds. The van der Waals surface area contributed by atoms with Crippen LogP contribution in [0.15, 0.2) is 150 Å². The number of benzene rings is 8. The molecule has 0 atom stereocenters. The lowest BCUT2D eigenvalue weighted by Crippen LogP contribution is -2.04. The van der Waals surface area contributed by atoms with Gasteiger partial charge in [-0.3, -0.25) is 0 Å². The first-order chi connectivity index (χ1) is 22.3. The first kappa shape index (κ1) is 24.7. The summed E-state index contributed by atoms with van der Waals surface area (Å²) < 4.78 is 6.35. The molecule has 0 N–H and O–H groups in total. The van der Waals surface area contributed by atoms with Gasteiger partial charge in [-0.2, -0.15) is 0 Å². The summed E-state index contributed by atoms with van der Waals surface area (Å²) in [4.78, 5) is 0. The van der Waals surface area contributed by atoms with E-state index in [2.05, 4.69) is 133 Å². The van der Waals surface area contributed by atoms with Crippen molar-refractivity contribution in [3.8, 4) is 33.4 Å². The zero-order valence-electron chi connectivity index (χ0n) is 24.7. The predicted octanol–water partition coefficient (Wildman–Crippen LogP) is 12.1. The fraction of sp³-hybridized carbons (Fsp3) is 0.0455. The number of para-hydroxylation sites is 2. The lowest BCUT2D eigenvalue weighted by atomic mass is 9.80. The van der Waals surface area contributed by atoms with Gasteiger partial charge >= 0.3 is 0 Å². The number of rotatable bonds is 3. The molecule has 1 aliphatic carbocycles. The number of furan rings is 1. The number of aryl methyl sites for hydroxylation is 2. The Morgan fingerprint density at radius 3 is 1.98 bits per heavy atom. The summed E-state index contributed by atoms with van der Waals surface area (Å²) in [6.45, 7) is 0. The van der Waals surface area contributed by atoms with Gasteiger partial charge in [0.1, 0.15) is 11.2 Å². The van der Waals surface area contributed by atoms with Crippen molar-refractivity contribution >= 4 is 54.3 Å². The van der Waals surface area contributed by atoms with Crippen molar-refractivity contribution in [2.24, 2.45) is 0 Å². The molecular formula is C44H28O. The second kappa shape index (κ2) is 9.42. The first-order valence-corrected chi connectivity index (χ1v) is 15.8. The van der Waals surface area contributed by atoms with Crippen LogP contribution in [-0.4, -0.2) is 0 Å². The molecule has 0 bridgehead atoms. The summed E-state index contributed by atoms with van der Waals surface area (Å²) in [6.07, 6.45) is 2.12. The largest absolute Gasteiger partial charge is 0.455 e. The molecular weight excluding hydrogens is 544 g/mol. The van der Waals surface area contributed by atoms with E-state index >= 15 is 0 Å². The lowest BCUT2D eigenvalue weighted by Gasteiger charge is -2.23. The van der Waals surface area contributed by atoms with Crippen molar-refractivity contribution in [3.05, 3.63) is 157 Å². The standard InChI is InChI=1S/C44H28O/c1-2-9-32-27(7-1)8-5-12-35(32)36-24-20-31-21-25-38-33(23-19-30-22-26-39(36)43(31)42(30)38)28-15-17-29(18-16-28)34-11-6-13-40-37-10-3-4-14-41(37)45-44(34)40/h1-21,23-25H,22,26H2. The number of hydrogen-bond acceptors (Lipinski definition) is 1. The second-order valence-corrected chi connectivity index (χ2v) is 12.3. The van der Waals surface area contributed by atoms with Gasteiger partial charge in [0.05, 0.1) is 0 Å². The van der Waals surface area contributed by atoms with Gasteiger partial charge in [-0.15, -0.1) is 0 Å². The molecule has 1 aliphatic rings. The van der Waals surface area contributed by atoms with Crippen LogP contribution in [-0.2, 0) is 12.8 Å². The molecule has 0 spiro atoms. The van der Waals surface area contributed by atoms with E-state index in [4.69, 9.17) is 4.42 Å². The SMILES string of the molecule is c1ccc2c(-c3ccc4ccc5c(-c6ccc(-c7cccc8c7oc7ccccc78)cc6)ccc6c5c4c3CC6)cccc2c1. The van der Waals surface area contributed by atoms with E-state index in [1.165, 1.54) is 65.7 Å². The average Bonchev–Trinajstić information content (AvgIpc) is 3.49. The van der Waals surface area contributed by atoms with E-state index in [1.807, 2.05) is 12.1 Å². The summed E-state index contributed by atoms with van der Waals surface area (Å²) >= 11 is 0. The minimum absolute atomic E-state index is 0.930. The second-order valence-electron chi connectivity index (χ2n) is 12.3. The third-order valence-electron chi connectivity index (χ3n) is 9.99. The summed E-state index contributed by atoms with van der Waals surface area (Å²) in [5, 5.41) is 10.4. The maximum absolute atomic E-state index is 6.35. The van der Waals surface area contributed by atoms with Crippen molar-refractivity contribution in [1.82, 2.24) is 0 Å². The van der Waals surface area contributed by atoms with Crippen LogP contribution < -0.4 is 0 Å². The molecule has 0 fully saturated rings. The van der Waals surface area contributed by atoms with Crippen LogP contribution in [0.5, 0.6) is 0 Å². The predicted molar refractivity (Wildman–Crippen MR) is 190 cm³/mol. The van der Waals surface area contributed by atoms with E-state index in [1.54, 1.807) is 0 Å². The maximum Gasteiger partial charge on any atom is 0.143 e. The van der Waals surface area contributed by atoms with Crippen LogP contribution >= 0.6 is 0 Å². The van der Waals surface area contributed by atoms with Gasteiger partial charge in [-0.05, 0) is 90.2 Å². The molecule has 1 nitrogen and oxygen atoms in total. The Morgan fingerprint density at radius 2 is 1.07 bits per heavy atom. The smallest absolute Gasteiger partial charge is 0.143 e. The summed E-state index contributed by atoms with van der Waals surface area (Å²) in [5.41, 5.74) is 12.3. The third kappa shape index (κ3) is 3.62. The Labute approximate surface area is 261 Å². The summed E-state index contributed by atoms with van der Waals surface area (Å²) in [6, 6.07) is 53.3. The molecule has 45 heavy (non-hydrogen) atoms. The van der Waals surface area contributed by atoms with E-state index in [9.17, 15) is 0 Å². The van der Waals surface area contributed by atoms with Gasteiger partial charge in [0.2, 0.25) is 0 Å². The van der Waals surface area contributed by atoms with Crippen molar-refractivity contribution in [2.45, 2.75) is 12.8 Å². The topological polar surface area (TPSA) is 13.1 Å². The van der Waals surface area contributed by atoms with Crippen LogP contribution in [0, 0.1) is 0 Å². The molecule has 10 rings (SSSR count). The quantitative estimate of drug-likeness (QED) is 0.192. The van der Waals surface area contributed by atoms with Crippen LogP contribution in [0.25, 0.3) is 87.6 Å². The monoisotopic (exact) mass is 572 g/mol. The van der Waals surface area contributed by atoms with Crippen LogP contribution in [0.4, 0.5) is 0 Å². The van der Waals surface area contributed by atoms with Crippen molar-refractivity contribution < 1.29 is 4.42 Å². The zero-order chi connectivity index (χ0) is 29.5. The first-order valence-electron chi connectivity index (χ1n) is 15.8. The van der Waals surface area contributed by atoms with Crippen molar-refractivity contribution in [1.29, 1.82) is 0 Å². The van der Waals surface area contributed by atoms with Crippen molar-refractivity contribution in [3.63, 3.8) is 0 Å². The highest BCUT2D eigenvalue weighted by molar-refractivity contribution is 6.17. The lowest BCUT2D eigenvalue weighted by molar-refractivity contribution is 0.670. The van der Waals surface area contributed by atoms with Gasteiger partial charge in [0.15, 0.2) is 0 Å². The minimum Gasteiger partial charge on any atom is -0.455 e. The number of fused-ring (bicyclic) bond motifs is 4. The Kier molecular flexibility index (Phi) is 5.18. The van der Waals surface area contributed by atoms with Gasteiger partial charge < -0.3 is 4.42 Å². The van der Waals surface area contributed by atoms with Crippen LogP contribution in [0.3, 0.4) is 0 Å². The Hall–Kier alpha value is -5.66. The Morgan fingerprint density at radius 1 is 0.378 bits per heavy atom. The highest BCUT2D eigenvalue weighted by Gasteiger charge is 2.21. The summed E-state index contributed by atoms with van der Waals surface area (Å²) in [7, 11) is 0. The van der Waals surface area contributed by atoms with E-state index < -0.39 is 0 Å². The average molecular weight is 573 g/mol. The zero-order valence-corrected chi connectivity index (χ0v) is 24.7. The number of hydrogen-bond donors (Lipinski definition) is 0. The fourth-order valence-corrected chi connectivity index (χ4v) is 7.90. The molecule has 210 valence electrons. The van der Waals surface area contributed by atoms with Gasteiger partial charge in [0, 0.05) is 16.3 Å². The molecule has 0 saturated heterocycles. The molecule has 1 heterocycles. The molecule has 0 unspecified atom stereocenters. The van der Waals surface area contributed by atoms with E-state index in [0.717, 1.165) is 45.9 Å². The maximum atomic E-state index is 6.35. The van der Waals surface area contributed by atoms with E-state index in [0.29, 0.717) is 0 Å². The van der Waals surface area contributed by atoms with Crippen LogP contribution in [0.1, 0.15) is 11.1 Å². The molecule has 8 aromatic carbocycles. The fourth-order valence-electron chi connectivity index (χ4n) is 7.90. The molecule has 0 saturated carbocycles. The highest BCUT2D eigenvalue weighted by Crippen LogP contribution is 2.44. The Bertz CT molecular complexity index is 2630. The Balaban J connectivity index is 1.14. The van der Waals surface area contributed by atoms with Gasteiger partial charge in [-0.1, -0.05) is 140 Å². The molecule has 9 aromatic rings. The van der Waals surface area contributed by atoms with Gasteiger partial charge in [0.25, 0.3) is 0 Å². The molecule has 0 aliphatic heterocycles. The highest BCUT2D eigenvalue weighted by atomic mass is 16.3. The van der Waals surface area contributed by atoms with E-state index in [-0.39, 0.29) is 0 Å². The normalized spacial score (nSPS) is 12.7. The molecule has 0 radical (unpaired) electrons. The molecule has 1 heteroatoms.